The molecule has 0 unspecified atom stereocenters. The number of benzene rings is 1. The van der Waals surface area contributed by atoms with Crippen LogP contribution in [0.4, 0.5) is 0 Å². The molecule has 0 amide bonds. The van der Waals surface area contributed by atoms with Gasteiger partial charge in [0.15, 0.2) is 0 Å². The van der Waals surface area contributed by atoms with Gasteiger partial charge in [-0.05, 0) is 12.1 Å². The Labute approximate surface area is 99.1 Å². The standard InChI is InChI=1S/C7H6O2.Sr.2H/c8-7(9)6-4-2-1-3-5-6;;;/h1-5H,(H,8,9);;;/q;+2;2*-1. The van der Waals surface area contributed by atoms with Gasteiger partial charge in [0.1, 0.15) is 0 Å². The Morgan fingerprint density at radius 2 is 1.80 bits per heavy atom. The second-order valence-electron chi connectivity index (χ2n) is 1.67. The van der Waals surface area contributed by atoms with E-state index in [4.69, 9.17) is 5.11 Å². The van der Waals surface area contributed by atoms with E-state index in [9.17, 15) is 4.79 Å². The van der Waals surface area contributed by atoms with Crippen LogP contribution in [0, 0.1) is 0 Å². The maximum absolute atomic E-state index is 10.2. The number of carboxylic acid groups (broad SMARTS) is 1. The maximum Gasteiger partial charge on any atom is 2.00 e. The van der Waals surface area contributed by atoms with Crippen LogP contribution in [-0.2, 0) is 0 Å². The first-order valence-electron chi connectivity index (χ1n) is 2.59. The van der Waals surface area contributed by atoms with Crippen LogP contribution in [-0.4, -0.2) is 56.6 Å². The Kier molecular flexibility index (Phi) is 4.99. The minimum atomic E-state index is -0.879. The van der Waals surface area contributed by atoms with E-state index in [0.717, 1.165) is 0 Å². The van der Waals surface area contributed by atoms with Crippen LogP contribution in [0.3, 0.4) is 0 Å². The van der Waals surface area contributed by atoms with E-state index < -0.39 is 5.97 Å². The number of hydrogen-bond donors (Lipinski definition) is 1. The molecule has 0 aliphatic heterocycles. The largest absolute Gasteiger partial charge is 2.00 e. The summed E-state index contributed by atoms with van der Waals surface area (Å²) in [6.45, 7) is 0. The first kappa shape index (κ1) is 10.2. The number of carboxylic acids is 1. The molecule has 0 radical (unpaired) electrons. The number of carbonyl (C=O) groups is 1. The molecule has 1 aromatic carbocycles. The van der Waals surface area contributed by atoms with Crippen LogP contribution in [0.15, 0.2) is 30.3 Å². The van der Waals surface area contributed by atoms with Gasteiger partial charge in [0.05, 0.1) is 5.56 Å². The van der Waals surface area contributed by atoms with E-state index >= 15 is 0 Å². The molecule has 0 saturated carbocycles. The van der Waals surface area contributed by atoms with Crippen molar-refractivity contribution in [1.82, 2.24) is 0 Å². The molecule has 50 valence electrons. The van der Waals surface area contributed by atoms with Gasteiger partial charge in [-0.15, -0.1) is 0 Å². The van der Waals surface area contributed by atoms with Gasteiger partial charge >= 0.3 is 51.5 Å². The summed E-state index contributed by atoms with van der Waals surface area (Å²) in [5.74, 6) is -0.879. The van der Waals surface area contributed by atoms with Crippen LogP contribution < -0.4 is 0 Å². The van der Waals surface area contributed by atoms with Crippen molar-refractivity contribution in [3.05, 3.63) is 35.9 Å². The molecule has 0 aromatic heterocycles. The summed E-state index contributed by atoms with van der Waals surface area (Å²) >= 11 is 0. The van der Waals surface area contributed by atoms with E-state index in [-0.39, 0.29) is 48.3 Å². The Morgan fingerprint density at radius 1 is 1.30 bits per heavy atom. The predicted molar refractivity (Wildman–Crippen MR) is 41.4 cm³/mol. The topological polar surface area (TPSA) is 37.3 Å². The van der Waals surface area contributed by atoms with Crippen molar-refractivity contribution >= 4 is 51.5 Å². The molecule has 0 fully saturated rings. The van der Waals surface area contributed by atoms with Crippen molar-refractivity contribution in [3.8, 4) is 0 Å². The third kappa shape index (κ3) is 2.84. The van der Waals surface area contributed by atoms with E-state index in [2.05, 4.69) is 0 Å². The van der Waals surface area contributed by atoms with Crippen LogP contribution in [0.2, 0.25) is 0 Å². The number of aromatic carboxylic acids is 1. The molecule has 0 bridgehead atoms. The zero-order chi connectivity index (χ0) is 6.69. The van der Waals surface area contributed by atoms with E-state index in [1.165, 1.54) is 0 Å². The molecule has 0 aliphatic rings. The van der Waals surface area contributed by atoms with Gasteiger partial charge in [-0.3, -0.25) is 0 Å². The molecule has 10 heavy (non-hydrogen) atoms. The van der Waals surface area contributed by atoms with Gasteiger partial charge in [0.25, 0.3) is 0 Å². The second kappa shape index (κ2) is 4.91. The van der Waals surface area contributed by atoms with Gasteiger partial charge in [0.2, 0.25) is 0 Å². The monoisotopic (exact) mass is 212 g/mol. The molecule has 1 N–H and O–H groups in total. The molecule has 0 aliphatic carbocycles. The minimum Gasteiger partial charge on any atom is -1.00 e. The zero-order valence-electron chi connectivity index (χ0n) is 7.45. The fourth-order valence-electron chi connectivity index (χ4n) is 0.581. The minimum absolute atomic E-state index is 0. The molecule has 0 heterocycles. The molecule has 0 atom stereocenters. The Morgan fingerprint density at radius 3 is 2.10 bits per heavy atom. The molecule has 2 nitrogen and oxygen atoms in total. The molecular weight excluding hydrogens is 204 g/mol. The van der Waals surface area contributed by atoms with Gasteiger partial charge in [0, 0.05) is 0 Å². The Balaban J connectivity index is -0.000000270. The van der Waals surface area contributed by atoms with Gasteiger partial charge in [-0.2, -0.15) is 0 Å². The Bertz CT molecular complexity index is 216. The average molecular weight is 212 g/mol. The van der Waals surface area contributed by atoms with E-state index in [1.54, 1.807) is 30.3 Å². The van der Waals surface area contributed by atoms with Crippen molar-refractivity contribution in [2.45, 2.75) is 0 Å². The van der Waals surface area contributed by atoms with Crippen molar-refractivity contribution in [2.75, 3.05) is 0 Å². The maximum atomic E-state index is 10.2. The number of rotatable bonds is 1. The number of hydrogen-bond acceptors (Lipinski definition) is 1. The summed E-state index contributed by atoms with van der Waals surface area (Å²) in [7, 11) is 0. The molecule has 0 saturated heterocycles. The Hall–Kier alpha value is 0.171. The third-order valence-electron chi connectivity index (χ3n) is 1.02. The van der Waals surface area contributed by atoms with Gasteiger partial charge < -0.3 is 7.96 Å². The first-order valence-corrected chi connectivity index (χ1v) is 2.59. The smallest absolute Gasteiger partial charge is 1.00 e. The summed E-state index contributed by atoms with van der Waals surface area (Å²) < 4.78 is 0. The zero-order valence-corrected chi connectivity index (χ0v) is 8.93. The summed E-state index contributed by atoms with van der Waals surface area (Å²) in [5, 5.41) is 8.38. The summed E-state index contributed by atoms with van der Waals surface area (Å²) in [6.07, 6.45) is 0. The normalized spacial score (nSPS) is 8.00. The summed E-state index contributed by atoms with van der Waals surface area (Å²) in [5.41, 5.74) is 0.331. The van der Waals surface area contributed by atoms with Gasteiger partial charge in [-0.25, -0.2) is 4.79 Å². The molecule has 1 aromatic rings. The van der Waals surface area contributed by atoms with Gasteiger partial charge in [-0.1, -0.05) is 18.2 Å². The molecule has 0 spiro atoms. The van der Waals surface area contributed by atoms with Crippen LogP contribution in [0.5, 0.6) is 0 Å². The third-order valence-corrected chi connectivity index (χ3v) is 1.02. The average Bonchev–Trinajstić information content (AvgIpc) is 1.90. The molecule has 3 heteroatoms. The summed E-state index contributed by atoms with van der Waals surface area (Å²) in [4.78, 5) is 10.2. The van der Waals surface area contributed by atoms with Crippen LogP contribution in [0.25, 0.3) is 0 Å². The quantitative estimate of drug-likeness (QED) is 0.710. The summed E-state index contributed by atoms with van der Waals surface area (Å²) in [6, 6.07) is 8.30. The van der Waals surface area contributed by atoms with Crippen molar-refractivity contribution in [2.24, 2.45) is 0 Å². The predicted octanol–water partition coefficient (Wildman–Crippen LogP) is 1.23. The van der Waals surface area contributed by atoms with Crippen molar-refractivity contribution in [3.63, 3.8) is 0 Å². The fraction of sp³-hybridized carbons (Fsp3) is 0. The first-order chi connectivity index (χ1) is 4.30. The van der Waals surface area contributed by atoms with Crippen molar-refractivity contribution in [1.29, 1.82) is 0 Å². The van der Waals surface area contributed by atoms with Crippen molar-refractivity contribution < 1.29 is 12.8 Å². The van der Waals surface area contributed by atoms with Crippen LogP contribution in [0.1, 0.15) is 13.2 Å². The SMILES string of the molecule is O=C(O)c1ccccc1.[H-].[H-].[Sr+2]. The van der Waals surface area contributed by atoms with Crippen LogP contribution >= 0.6 is 0 Å². The molecule has 1 rings (SSSR count). The van der Waals surface area contributed by atoms with E-state index in [0.29, 0.717) is 5.56 Å². The fourth-order valence-corrected chi connectivity index (χ4v) is 0.581. The van der Waals surface area contributed by atoms with E-state index in [1.807, 2.05) is 0 Å². The second-order valence-corrected chi connectivity index (χ2v) is 1.67. The molecular formula is C7H8O2Sr.